The average molecular weight is 330 g/mol. The van der Waals surface area contributed by atoms with Gasteiger partial charge in [0.25, 0.3) is 5.91 Å². The van der Waals surface area contributed by atoms with Crippen molar-refractivity contribution in [1.82, 2.24) is 20.3 Å². The lowest BCUT2D eigenvalue weighted by Gasteiger charge is -2.36. The van der Waals surface area contributed by atoms with E-state index in [0.29, 0.717) is 26.1 Å². The quantitative estimate of drug-likeness (QED) is 0.848. The number of carboxylic acids is 1. The van der Waals surface area contributed by atoms with Crippen LogP contribution in [-0.2, 0) is 9.53 Å². The fraction of sp³-hybridized carbons (Fsp3) is 0.375. The lowest BCUT2D eigenvalue weighted by molar-refractivity contribution is -0.139. The molecule has 1 aliphatic heterocycles. The number of nitrogens with zero attached hydrogens (tertiary/aromatic N) is 3. The van der Waals surface area contributed by atoms with Gasteiger partial charge in [-0.3, -0.25) is 9.59 Å². The molecule has 24 heavy (non-hydrogen) atoms. The Morgan fingerprint density at radius 1 is 1.25 bits per heavy atom. The zero-order valence-corrected chi connectivity index (χ0v) is 13.0. The Hall–Kier alpha value is -2.74. The second-order valence-corrected chi connectivity index (χ2v) is 5.80. The Bertz CT molecular complexity index is 723. The molecular weight excluding hydrogens is 312 g/mol. The molecule has 2 heterocycles. The summed E-state index contributed by atoms with van der Waals surface area (Å²) in [6.45, 7) is 0.842. The van der Waals surface area contributed by atoms with Crippen molar-refractivity contribution in [2.75, 3.05) is 13.2 Å². The molecule has 126 valence electrons. The number of rotatable bonds is 5. The number of carboxylic acid groups (broad SMARTS) is 1. The zero-order chi connectivity index (χ0) is 17.0. The summed E-state index contributed by atoms with van der Waals surface area (Å²) < 4.78 is 6.78. The maximum atomic E-state index is 12.5. The maximum absolute atomic E-state index is 12.5. The van der Waals surface area contributed by atoms with Crippen LogP contribution in [0.4, 0.5) is 0 Å². The lowest BCUT2D eigenvalue weighted by Crippen LogP contribution is -2.53. The molecule has 1 saturated heterocycles. The van der Waals surface area contributed by atoms with Gasteiger partial charge in [0.05, 0.1) is 23.8 Å². The standard InChI is InChI=1S/C16H18N4O4/c21-14(22)10-16(6-8-24-9-7-16)17-15(23)13-11-20(19-18-13)12-4-2-1-3-5-12/h1-5,11H,6-10H2,(H,17,23)(H,21,22). The summed E-state index contributed by atoms with van der Waals surface area (Å²) in [6, 6.07) is 9.30. The summed E-state index contributed by atoms with van der Waals surface area (Å²) in [7, 11) is 0. The van der Waals surface area contributed by atoms with Crippen molar-refractivity contribution in [2.24, 2.45) is 0 Å². The SMILES string of the molecule is O=C(O)CC1(NC(=O)c2cn(-c3ccccc3)nn2)CCOCC1. The van der Waals surface area contributed by atoms with Gasteiger partial charge in [-0.25, -0.2) is 4.68 Å². The molecule has 1 amide bonds. The van der Waals surface area contributed by atoms with Crippen molar-refractivity contribution in [3.63, 3.8) is 0 Å². The summed E-state index contributed by atoms with van der Waals surface area (Å²) >= 11 is 0. The van der Waals surface area contributed by atoms with Gasteiger partial charge >= 0.3 is 5.97 Å². The van der Waals surface area contributed by atoms with Crippen LogP contribution in [0.5, 0.6) is 0 Å². The van der Waals surface area contributed by atoms with Gasteiger partial charge in [0.1, 0.15) is 0 Å². The number of nitrogens with one attached hydrogen (secondary N) is 1. The topological polar surface area (TPSA) is 106 Å². The van der Waals surface area contributed by atoms with Gasteiger partial charge < -0.3 is 15.2 Å². The maximum Gasteiger partial charge on any atom is 0.305 e. The first-order valence-electron chi connectivity index (χ1n) is 7.68. The van der Waals surface area contributed by atoms with Gasteiger partial charge in [-0.1, -0.05) is 23.4 Å². The highest BCUT2D eigenvalue weighted by molar-refractivity contribution is 5.92. The molecular formula is C16H18N4O4. The van der Waals surface area contributed by atoms with Crippen molar-refractivity contribution >= 4 is 11.9 Å². The molecule has 0 spiro atoms. The number of aromatic nitrogens is 3. The van der Waals surface area contributed by atoms with E-state index in [0.717, 1.165) is 5.69 Å². The molecule has 0 saturated carbocycles. The normalized spacial score (nSPS) is 16.5. The number of carbonyl (C=O) groups excluding carboxylic acids is 1. The molecule has 0 unspecified atom stereocenters. The average Bonchev–Trinajstić information content (AvgIpc) is 3.06. The Morgan fingerprint density at radius 2 is 1.96 bits per heavy atom. The molecule has 8 heteroatoms. The van der Waals surface area contributed by atoms with Gasteiger partial charge in [0.2, 0.25) is 0 Å². The predicted octanol–water partition coefficient (Wildman–Crippen LogP) is 1.02. The highest BCUT2D eigenvalue weighted by Crippen LogP contribution is 2.25. The molecule has 2 N–H and O–H groups in total. The first kappa shape index (κ1) is 16.1. The van der Waals surface area contributed by atoms with Crippen molar-refractivity contribution in [1.29, 1.82) is 0 Å². The van der Waals surface area contributed by atoms with E-state index in [-0.39, 0.29) is 12.1 Å². The van der Waals surface area contributed by atoms with E-state index in [1.54, 1.807) is 0 Å². The van der Waals surface area contributed by atoms with Gasteiger partial charge in [-0.05, 0) is 25.0 Å². The highest BCUT2D eigenvalue weighted by Gasteiger charge is 2.37. The molecule has 0 aliphatic carbocycles. The Kier molecular flexibility index (Phi) is 4.57. The molecule has 8 nitrogen and oxygen atoms in total. The predicted molar refractivity (Wildman–Crippen MR) is 83.9 cm³/mol. The van der Waals surface area contributed by atoms with Crippen LogP contribution in [0.15, 0.2) is 36.5 Å². The van der Waals surface area contributed by atoms with Crippen molar-refractivity contribution in [3.8, 4) is 5.69 Å². The Morgan fingerprint density at radius 3 is 2.62 bits per heavy atom. The van der Waals surface area contributed by atoms with Crippen molar-refractivity contribution in [2.45, 2.75) is 24.8 Å². The van der Waals surface area contributed by atoms with Gasteiger partial charge in [0, 0.05) is 13.2 Å². The van der Waals surface area contributed by atoms with Crippen LogP contribution in [0.1, 0.15) is 29.8 Å². The highest BCUT2D eigenvalue weighted by atomic mass is 16.5. The van der Waals surface area contributed by atoms with Crippen LogP contribution in [-0.4, -0.2) is 50.7 Å². The number of benzene rings is 1. The first-order chi connectivity index (χ1) is 11.6. The number of aliphatic carboxylic acids is 1. The minimum Gasteiger partial charge on any atom is -0.481 e. The smallest absolute Gasteiger partial charge is 0.305 e. The van der Waals surface area contributed by atoms with Gasteiger partial charge in [0.15, 0.2) is 5.69 Å². The molecule has 1 aromatic carbocycles. The minimum atomic E-state index is -0.954. The Balaban J connectivity index is 1.76. The summed E-state index contributed by atoms with van der Waals surface area (Å²) in [4.78, 5) is 23.6. The number of ether oxygens (including phenoxy) is 1. The number of hydrogen-bond acceptors (Lipinski definition) is 5. The third kappa shape index (κ3) is 3.60. The molecule has 1 aromatic heterocycles. The van der Waals surface area contributed by atoms with Gasteiger partial charge in [-0.2, -0.15) is 0 Å². The fourth-order valence-electron chi connectivity index (χ4n) is 2.78. The molecule has 0 bridgehead atoms. The van der Waals surface area contributed by atoms with Crippen LogP contribution >= 0.6 is 0 Å². The van der Waals surface area contributed by atoms with E-state index < -0.39 is 17.4 Å². The van der Waals surface area contributed by atoms with Crippen LogP contribution < -0.4 is 5.32 Å². The van der Waals surface area contributed by atoms with Crippen LogP contribution in [0.3, 0.4) is 0 Å². The number of para-hydroxylation sites is 1. The molecule has 1 aliphatic rings. The lowest BCUT2D eigenvalue weighted by atomic mass is 9.86. The van der Waals surface area contributed by atoms with E-state index in [9.17, 15) is 9.59 Å². The minimum absolute atomic E-state index is 0.144. The summed E-state index contributed by atoms with van der Waals surface area (Å²) in [6.07, 6.45) is 2.29. The van der Waals surface area contributed by atoms with Gasteiger partial charge in [-0.15, -0.1) is 5.10 Å². The van der Waals surface area contributed by atoms with E-state index in [2.05, 4.69) is 15.6 Å². The molecule has 0 atom stereocenters. The van der Waals surface area contributed by atoms with E-state index in [1.165, 1.54) is 10.9 Å². The van der Waals surface area contributed by atoms with Crippen LogP contribution in [0, 0.1) is 0 Å². The van der Waals surface area contributed by atoms with Crippen LogP contribution in [0.2, 0.25) is 0 Å². The molecule has 2 aromatic rings. The summed E-state index contributed by atoms with van der Waals surface area (Å²) in [5, 5.41) is 19.8. The third-order valence-corrected chi connectivity index (χ3v) is 4.06. The Labute approximate surface area is 138 Å². The van der Waals surface area contributed by atoms with E-state index in [1.807, 2.05) is 30.3 Å². The zero-order valence-electron chi connectivity index (χ0n) is 13.0. The molecule has 1 fully saturated rings. The van der Waals surface area contributed by atoms with Crippen molar-refractivity contribution in [3.05, 3.63) is 42.2 Å². The largest absolute Gasteiger partial charge is 0.481 e. The summed E-state index contributed by atoms with van der Waals surface area (Å²) in [5.74, 6) is -1.38. The fourth-order valence-corrected chi connectivity index (χ4v) is 2.78. The monoisotopic (exact) mass is 330 g/mol. The summed E-state index contributed by atoms with van der Waals surface area (Å²) in [5.41, 5.74) is 0.128. The third-order valence-electron chi connectivity index (χ3n) is 4.06. The number of hydrogen-bond donors (Lipinski definition) is 2. The molecule has 3 rings (SSSR count). The van der Waals surface area contributed by atoms with Crippen LogP contribution in [0.25, 0.3) is 5.69 Å². The molecule has 0 radical (unpaired) electrons. The number of carbonyl (C=O) groups is 2. The first-order valence-corrected chi connectivity index (χ1v) is 7.68. The number of amides is 1. The van der Waals surface area contributed by atoms with E-state index >= 15 is 0 Å². The second-order valence-electron chi connectivity index (χ2n) is 5.80. The van der Waals surface area contributed by atoms with E-state index in [4.69, 9.17) is 9.84 Å². The van der Waals surface area contributed by atoms with Crippen molar-refractivity contribution < 1.29 is 19.4 Å². The second kappa shape index (κ2) is 6.79.